The molecule has 1 aliphatic heterocycles. The molecule has 0 radical (unpaired) electrons. The highest BCUT2D eigenvalue weighted by Gasteiger charge is 2.46. The van der Waals surface area contributed by atoms with Crippen LogP contribution in [-0.4, -0.2) is 34.8 Å². The van der Waals surface area contributed by atoms with Crippen LogP contribution in [0, 0.1) is 6.92 Å². The predicted octanol–water partition coefficient (Wildman–Crippen LogP) is 1.26. The fourth-order valence-electron chi connectivity index (χ4n) is 2.03. The molecule has 20 heavy (non-hydrogen) atoms. The van der Waals surface area contributed by atoms with Crippen LogP contribution in [0.5, 0.6) is 0 Å². The van der Waals surface area contributed by atoms with E-state index in [1.165, 1.54) is 4.90 Å². The number of anilines is 1. The maximum atomic E-state index is 12.0. The maximum absolute atomic E-state index is 12.0. The highest BCUT2D eigenvalue weighted by atomic mass is 16.2. The molecule has 0 bridgehead atoms. The van der Waals surface area contributed by atoms with Gasteiger partial charge in [0.1, 0.15) is 12.1 Å². The van der Waals surface area contributed by atoms with Gasteiger partial charge >= 0.3 is 6.03 Å². The number of urea groups is 1. The quantitative estimate of drug-likeness (QED) is 0.815. The minimum Gasteiger partial charge on any atom is -0.325 e. The highest BCUT2D eigenvalue weighted by Crippen LogP contribution is 2.20. The standard InChI is InChI=1S/C14H17N3O3/c1-9-5-4-6-10(7-9)15-11(18)8-17-13(20)16-12(19)14(17,2)3/h4-7H,8H2,1-3H3,(H,15,18)(H,16,19,20). The molecular weight excluding hydrogens is 258 g/mol. The summed E-state index contributed by atoms with van der Waals surface area (Å²) in [4.78, 5) is 36.5. The zero-order chi connectivity index (χ0) is 14.9. The summed E-state index contributed by atoms with van der Waals surface area (Å²) in [6.45, 7) is 4.96. The van der Waals surface area contributed by atoms with Gasteiger partial charge in [-0.05, 0) is 38.5 Å². The summed E-state index contributed by atoms with van der Waals surface area (Å²) in [5.41, 5.74) is 0.678. The van der Waals surface area contributed by atoms with Crippen molar-refractivity contribution in [1.82, 2.24) is 10.2 Å². The number of aryl methyl sites for hydroxylation is 1. The number of nitrogens with one attached hydrogen (secondary N) is 2. The molecule has 0 unspecified atom stereocenters. The molecule has 106 valence electrons. The van der Waals surface area contributed by atoms with E-state index >= 15 is 0 Å². The van der Waals surface area contributed by atoms with E-state index in [-0.39, 0.29) is 12.5 Å². The van der Waals surface area contributed by atoms with E-state index in [1.807, 2.05) is 25.1 Å². The lowest BCUT2D eigenvalue weighted by Crippen LogP contribution is -2.47. The van der Waals surface area contributed by atoms with Crippen LogP contribution in [0.25, 0.3) is 0 Å². The normalized spacial score (nSPS) is 17.1. The Labute approximate surface area is 117 Å². The van der Waals surface area contributed by atoms with Crippen molar-refractivity contribution in [2.45, 2.75) is 26.3 Å². The summed E-state index contributed by atoms with van der Waals surface area (Å²) in [5.74, 6) is -0.737. The first-order valence-electron chi connectivity index (χ1n) is 6.30. The molecule has 1 heterocycles. The Kier molecular flexibility index (Phi) is 3.48. The summed E-state index contributed by atoms with van der Waals surface area (Å²) >= 11 is 0. The minimum absolute atomic E-state index is 0.168. The molecule has 2 rings (SSSR count). The van der Waals surface area contributed by atoms with Crippen LogP contribution in [-0.2, 0) is 9.59 Å². The second kappa shape index (κ2) is 4.96. The number of imide groups is 1. The molecule has 2 N–H and O–H groups in total. The first kappa shape index (κ1) is 14.0. The molecule has 6 heteroatoms. The Hall–Kier alpha value is -2.37. The number of carbonyl (C=O) groups is 3. The summed E-state index contributed by atoms with van der Waals surface area (Å²) in [6, 6.07) is 6.81. The lowest BCUT2D eigenvalue weighted by molar-refractivity contribution is -0.126. The van der Waals surface area contributed by atoms with E-state index in [9.17, 15) is 14.4 Å². The van der Waals surface area contributed by atoms with Gasteiger partial charge in [0, 0.05) is 5.69 Å². The number of nitrogens with zero attached hydrogens (tertiary/aromatic N) is 1. The van der Waals surface area contributed by atoms with Crippen LogP contribution in [0.1, 0.15) is 19.4 Å². The molecule has 1 aromatic rings. The second-order valence-corrected chi connectivity index (χ2v) is 5.32. The number of rotatable bonds is 3. The smallest absolute Gasteiger partial charge is 0.325 e. The number of benzene rings is 1. The van der Waals surface area contributed by atoms with Crippen molar-refractivity contribution in [3.63, 3.8) is 0 Å². The average molecular weight is 275 g/mol. The Morgan fingerprint density at radius 3 is 2.60 bits per heavy atom. The molecule has 0 spiro atoms. The van der Waals surface area contributed by atoms with E-state index < -0.39 is 17.5 Å². The monoisotopic (exact) mass is 275 g/mol. The van der Waals surface area contributed by atoms with Crippen LogP contribution < -0.4 is 10.6 Å². The zero-order valence-electron chi connectivity index (χ0n) is 11.7. The van der Waals surface area contributed by atoms with E-state index in [0.717, 1.165) is 5.56 Å². The lowest BCUT2D eigenvalue weighted by Gasteiger charge is -2.27. The van der Waals surface area contributed by atoms with Gasteiger partial charge in [-0.25, -0.2) is 4.79 Å². The molecule has 0 aliphatic carbocycles. The molecular formula is C14H17N3O3. The fraction of sp³-hybridized carbons (Fsp3) is 0.357. The first-order valence-corrected chi connectivity index (χ1v) is 6.30. The SMILES string of the molecule is Cc1cccc(NC(=O)CN2C(=O)NC(=O)C2(C)C)c1. The van der Waals surface area contributed by atoms with Gasteiger partial charge in [-0.2, -0.15) is 0 Å². The van der Waals surface area contributed by atoms with E-state index in [4.69, 9.17) is 0 Å². The van der Waals surface area contributed by atoms with Crippen molar-refractivity contribution in [2.75, 3.05) is 11.9 Å². The molecule has 4 amide bonds. The first-order chi connectivity index (χ1) is 9.30. The van der Waals surface area contributed by atoms with Crippen molar-refractivity contribution in [1.29, 1.82) is 0 Å². The molecule has 0 aromatic heterocycles. The molecule has 1 fully saturated rings. The van der Waals surface area contributed by atoms with Crippen molar-refractivity contribution >= 4 is 23.5 Å². The third-order valence-corrected chi connectivity index (χ3v) is 3.30. The molecule has 1 aromatic carbocycles. The van der Waals surface area contributed by atoms with Crippen LogP contribution in [0.3, 0.4) is 0 Å². The van der Waals surface area contributed by atoms with E-state index in [0.29, 0.717) is 5.69 Å². The van der Waals surface area contributed by atoms with Crippen LogP contribution in [0.2, 0.25) is 0 Å². The lowest BCUT2D eigenvalue weighted by atomic mass is 10.0. The summed E-state index contributed by atoms with van der Waals surface area (Å²) in [5, 5.41) is 4.91. The largest absolute Gasteiger partial charge is 0.325 e. The van der Waals surface area contributed by atoms with E-state index in [2.05, 4.69) is 10.6 Å². The maximum Gasteiger partial charge on any atom is 0.325 e. The fourth-order valence-corrected chi connectivity index (χ4v) is 2.03. The van der Waals surface area contributed by atoms with Crippen molar-refractivity contribution in [2.24, 2.45) is 0 Å². The van der Waals surface area contributed by atoms with Gasteiger partial charge in [-0.3, -0.25) is 14.9 Å². The predicted molar refractivity (Wildman–Crippen MR) is 74.1 cm³/mol. The van der Waals surface area contributed by atoms with Crippen LogP contribution in [0.15, 0.2) is 24.3 Å². The van der Waals surface area contributed by atoms with Gasteiger partial charge in [0.2, 0.25) is 5.91 Å². The van der Waals surface area contributed by atoms with Crippen molar-refractivity contribution in [3.05, 3.63) is 29.8 Å². The van der Waals surface area contributed by atoms with E-state index in [1.54, 1.807) is 19.9 Å². The Balaban J connectivity index is 2.05. The Morgan fingerprint density at radius 1 is 1.35 bits per heavy atom. The zero-order valence-corrected chi connectivity index (χ0v) is 11.7. The summed E-state index contributed by atoms with van der Waals surface area (Å²) < 4.78 is 0. The molecule has 1 aliphatic rings. The molecule has 0 atom stereocenters. The molecule has 0 saturated carbocycles. The third kappa shape index (κ3) is 2.64. The average Bonchev–Trinajstić information content (AvgIpc) is 2.52. The van der Waals surface area contributed by atoms with Gasteiger partial charge in [0.15, 0.2) is 0 Å². The third-order valence-electron chi connectivity index (χ3n) is 3.30. The minimum atomic E-state index is -1.01. The van der Waals surface area contributed by atoms with Gasteiger partial charge in [0.25, 0.3) is 5.91 Å². The van der Waals surface area contributed by atoms with Gasteiger partial charge < -0.3 is 10.2 Å². The number of hydrogen-bond donors (Lipinski definition) is 2. The number of carbonyl (C=O) groups excluding carboxylic acids is 3. The van der Waals surface area contributed by atoms with Crippen molar-refractivity contribution in [3.8, 4) is 0 Å². The number of amides is 4. The Morgan fingerprint density at radius 2 is 2.05 bits per heavy atom. The van der Waals surface area contributed by atoms with Crippen LogP contribution >= 0.6 is 0 Å². The van der Waals surface area contributed by atoms with Gasteiger partial charge in [-0.15, -0.1) is 0 Å². The van der Waals surface area contributed by atoms with Crippen LogP contribution in [0.4, 0.5) is 10.5 Å². The highest BCUT2D eigenvalue weighted by molar-refractivity contribution is 6.08. The second-order valence-electron chi connectivity index (χ2n) is 5.32. The van der Waals surface area contributed by atoms with Gasteiger partial charge in [-0.1, -0.05) is 12.1 Å². The topological polar surface area (TPSA) is 78.5 Å². The molecule has 6 nitrogen and oxygen atoms in total. The summed E-state index contributed by atoms with van der Waals surface area (Å²) in [6.07, 6.45) is 0. The molecule has 1 saturated heterocycles. The van der Waals surface area contributed by atoms with Gasteiger partial charge in [0.05, 0.1) is 0 Å². The summed E-state index contributed by atoms with van der Waals surface area (Å²) in [7, 11) is 0. The van der Waals surface area contributed by atoms with Crippen molar-refractivity contribution < 1.29 is 14.4 Å². The Bertz CT molecular complexity index is 581. The number of hydrogen-bond acceptors (Lipinski definition) is 3.